The number of hydrogen-bond donors (Lipinski definition) is 0. The van der Waals surface area contributed by atoms with Crippen molar-refractivity contribution in [3.05, 3.63) is 23.5 Å². The summed E-state index contributed by atoms with van der Waals surface area (Å²) in [7, 11) is 1.04. The van der Waals surface area contributed by atoms with E-state index in [-0.39, 0.29) is 0 Å². The molecule has 0 saturated heterocycles. The molecule has 0 N–H and O–H groups in total. The minimum Gasteiger partial charge on any atom is -0.493 e. The lowest BCUT2D eigenvalue weighted by Crippen LogP contribution is -2.48. The number of nitrogens with zero attached hydrogens (tertiary/aromatic N) is 1. The van der Waals surface area contributed by atoms with Gasteiger partial charge in [-0.1, -0.05) is 0 Å². The van der Waals surface area contributed by atoms with Crippen molar-refractivity contribution in [3.63, 3.8) is 0 Å². The van der Waals surface area contributed by atoms with E-state index in [0.29, 0.717) is 11.0 Å². The number of halogens is 3. The number of carbonyl (C=O) groups excluding carboxylic acids is 2. The molecular formula is C17H22F3NO5. The first kappa shape index (κ1) is 21.6. The van der Waals surface area contributed by atoms with Gasteiger partial charge in [-0.2, -0.15) is 4.39 Å². The van der Waals surface area contributed by atoms with Gasteiger partial charge in [0.1, 0.15) is 11.3 Å². The first-order valence-electron chi connectivity index (χ1n) is 7.65. The second kappa shape index (κ2) is 7.43. The summed E-state index contributed by atoms with van der Waals surface area (Å²) in [5, 5.41) is 0. The Bertz CT molecular complexity index is 708. The molecule has 0 radical (unpaired) electrons. The van der Waals surface area contributed by atoms with Gasteiger partial charge < -0.3 is 14.2 Å². The van der Waals surface area contributed by atoms with Crippen molar-refractivity contribution in [1.82, 2.24) is 0 Å². The van der Waals surface area contributed by atoms with Crippen LogP contribution in [0.3, 0.4) is 0 Å². The topological polar surface area (TPSA) is 65.1 Å². The molecule has 0 aromatic heterocycles. The number of amides is 1. The minimum atomic E-state index is -1.65. The highest BCUT2D eigenvalue weighted by Gasteiger charge is 2.37. The lowest BCUT2D eigenvalue weighted by atomic mass is 10.0. The van der Waals surface area contributed by atoms with Gasteiger partial charge in [0.05, 0.1) is 7.11 Å². The molecule has 26 heavy (non-hydrogen) atoms. The van der Waals surface area contributed by atoms with Gasteiger partial charge in [-0.3, -0.25) is 4.90 Å². The Kier molecular flexibility index (Phi) is 6.17. The highest BCUT2D eigenvalue weighted by atomic mass is 19.2. The zero-order valence-corrected chi connectivity index (χ0v) is 15.7. The van der Waals surface area contributed by atoms with Crippen LogP contribution in [0.1, 0.15) is 41.5 Å². The Balaban J connectivity index is 3.35. The molecule has 1 aromatic carbocycles. The van der Waals surface area contributed by atoms with Crippen molar-refractivity contribution < 1.29 is 37.0 Å². The number of anilines is 1. The molecule has 6 nitrogen and oxygen atoms in total. The molecule has 146 valence electrons. The molecule has 1 aromatic rings. The number of methoxy groups -OCH3 is 1. The molecule has 0 aliphatic carbocycles. The first-order chi connectivity index (χ1) is 11.7. The maximum Gasteiger partial charge on any atom is 0.517 e. The second-order valence-corrected chi connectivity index (χ2v) is 7.38. The van der Waals surface area contributed by atoms with Crippen molar-refractivity contribution in [2.24, 2.45) is 0 Å². The van der Waals surface area contributed by atoms with E-state index in [4.69, 9.17) is 4.74 Å². The third kappa shape index (κ3) is 5.03. The normalized spacial score (nSPS) is 11.8. The Hall–Kier alpha value is -2.45. The molecule has 0 atom stereocenters. The molecule has 0 fully saturated rings. The Morgan fingerprint density at radius 2 is 1.54 bits per heavy atom. The summed E-state index contributed by atoms with van der Waals surface area (Å²) >= 11 is 0. The quantitative estimate of drug-likeness (QED) is 0.421. The molecule has 1 rings (SSSR count). The second-order valence-electron chi connectivity index (χ2n) is 7.38. The van der Waals surface area contributed by atoms with E-state index in [1.165, 1.54) is 20.8 Å². The molecule has 0 bridgehead atoms. The van der Waals surface area contributed by atoms with Gasteiger partial charge in [0.2, 0.25) is 5.82 Å². The third-order valence-corrected chi connectivity index (χ3v) is 2.96. The van der Waals surface area contributed by atoms with Crippen molar-refractivity contribution in [2.45, 2.75) is 52.7 Å². The summed E-state index contributed by atoms with van der Waals surface area (Å²) in [6, 6.07) is 0.591. The molecular weight excluding hydrogens is 355 g/mol. The molecule has 0 aliphatic rings. The maximum absolute atomic E-state index is 14.4. The highest BCUT2D eigenvalue weighted by molar-refractivity contribution is 5.94. The molecule has 0 unspecified atom stereocenters. The predicted molar refractivity (Wildman–Crippen MR) is 87.8 cm³/mol. The number of ether oxygens (including phenoxy) is 3. The fourth-order valence-electron chi connectivity index (χ4n) is 2.01. The zero-order valence-electron chi connectivity index (χ0n) is 15.7. The van der Waals surface area contributed by atoms with Crippen LogP contribution in [0.2, 0.25) is 0 Å². The van der Waals surface area contributed by atoms with Crippen LogP contribution in [-0.4, -0.2) is 30.5 Å². The van der Waals surface area contributed by atoms with E-state index >= 15 is 0 Å². The lowest BCUT2D eigenvalue weighted by Gasteiger charge is -2.34. The number of rotatable bonds is 2. The van der Waals surface area contributed by atoms with Crippen molar-refractivity contribution in [2.75, 3.05) is 12.0 Å². The fourth-order valence-corrected chi connectivity index (χ4v) is 2.01. The maximum atomic E-state index is 14.4. The molecule has 0 aliphatic heterocycles. The number of hydrogen-bond acceptors (Lipinski definition) is 5. The largest absolute Gasteiger partial charge is 0.517 e. The van der Waals surface area contributed by atoms with E-state index in [9.17, 15) is 22.8 Å². The average molecular weight is 377 g/mol. The van der Waals surface area contributed by atoms with Crippen LogP contribution in [0.15, 0.2) is 6.07 Å². The van der Waals surface area contributed by atoms with Crippen LogP contribution in [0.25, 0.3) is 0 Å². The minimum absolute atomic E-state index is 0.490. The molecule has 0 heterocycles. The van der Waals surface area contributed by atoms with Crippen LogP contribution >= 0.6 is 0 Å². The number of carbonyl (C=O) groups is 2. The van der Waals surface area contributed by atoms with Gasteiger partial charge in [-0.15, -0.1) is 0 Å². The summed E-state index contributed by atoms with van der Waals surface area (Å²) in [5.41, 5.74) is -3.22. The average Bonchev–Trinajstić information content (AvgIpc) is 2.43. The summed E-state index contributed by atoms with van der Waals surface area (Å²) in [6.45, 7) is 8.88. The van der Waals surface area contributed by atoms with Crippen LogP contribution in [0.5, 0.6) is 5.75 Å². The van der Waals surface area contributed by atoms with Gasteiger partial charge in [0, 0.05) is 11.6 Å². The summed E-state index contributed by atoms with van der Waals surface area (Å²) in [4.78, 5) is 24.6. The molecule has 1 amide bonds. The SMILES string of the molecule is COc1cc(F)c(N(C(=O)OC(=O)OC(C)(C)C)C(C)(C)C)c(F)c1F. The Labute approximate surface area is 149 Å². The van der Waals surface area contributed by atoms with Gasteiger partial charge in [0.15, 0.2) is 17.4 Å². The van der Waals surface area contributed by atoms with E-state index in [0.717, 1.165) is 7.11 Å². The van der Waals surface area contributed by atoms with Crippen LogP contribution in [-0.2, 0) is 9.47 Å². The monoisotopic (exact) mass is 377 g/mol. The Morgan fingerprint density at radius 3 is 1.96 bits per heavy atom. The van der Waals surface area contributed by atoms with E-state index in [1.807, 2.05) is 0 Å². The summed E-state index contributed by atoms with van der Waals surface area (Å²) in [5.74, 6) is -5.07. The summed E-state index contributed by atoms with van der Waals surface area (Å²) in [6.07, 6.45) is -2.78. The van der Waals surface area contributed by atoms with Crippen LogP contribution in [0.4, 0.5) is 28.4 Å². The fraction of sp³-hybridized carbons (Fsp3) is 0.529. The van der Waals surface area contributed by atoms with Crippen LogP contribution in [0, 0.1) is 17.5 Å². The zero-order chi connectivity index (χ0) is 20.4. The highest BCUT2D eigenvalue weighted by Crippen LogP contribution is 2.35. The first-order valence-corrected chi connectivity index (χ1v) is 7.65. The molecule has 0 spiro atoms. The lowest BCUT2D eigenvalue weighted by molar-refractivity contribution is 0.00950. The van der Waals surface area contributed by atoms with E-state index < -0.39 is 52.3 Å². The standard InChI is InChI=1S/C17H22F3NO5/c1-16(2,3)21(14(22)25-15(23)26-17(4,5)6)13-9(18)8-10(24-7)11(19)12(13)20/h8H,1-7H3. The Morgan fingerprint density at radius 1 is 1.00 bits per heavy atom. The van der Waals surface area contributed by atoms with Crippen molar-refractivity contribution in [3.8, 4) is 5.75 Å². The summed E-state index contributed by atoms with van der Waals surface area (Å²) < 4.78 is 56.7. The number of benzene rings is 1. The molecule has 9 heteroatoms. The van der Waals surface area contributed by atoms with Crippen molar-refractivity contribution in [1.29, 1.82) is 0 Å². The van der Waals surface area contributed by atoms with E-state index in [1.54, 1.807) is 20.8 Å². The van der Waals surface area contributed by atoms with Crippen molar-refractivity contribution >= 4 is 17.9 Å². The predicted octanol–water partition coefficient (Wildman–Crippen LogP) is 4.79. The van der Waals surface area contributed by atoms with Gasteiger partial charge >= 0.3 is 12.2 Å². The van der Waals surface area contributed by atoms with Crippen LogP contribution < -0.4 is 9.64 Å². The molecule has 0 saturated carbocycles. The van der Waals surface area contributed by atoms with Gasteiger partial charge in [-0.05, 0) is 41.5 Å². The third-order valence-electron chi connectivity index (χ3n) is 2.96. The van der Waals surface area contributed by atoms with Gasteiger partial charge in [-0.25, -0.2) is 18.4 Å². The van der Waals surface area contributed by atoms with E-state index in [2.05, 4.69) is 9.47 Å². The van der Waals surface area contributed by atoms with Gasteiger partial charge in [0.25, 0.3) is 0 Å². The smallest absolute Gasteiger partial charge is 0.493 e.